The van der Waals surface area contributed by atoms with Crippen molar-refractivity contribution in [1.82, 2.24) is 14.6 Å². The first-order chi connectivity index (χ1) is 10.6. The molecule has 2 unspecified atom stereocenters. The molecule has 1 N–H and O–H groups in total. The van der Waals surface area contributed by atoms with Crippen LogP contribution in [0.25, 0.3) is 11.0 Å². The molecule has 0 bridgehead atoms. The number of hydroxylamine groups is 1. The number of hydrogen-bond acceptors (Lipinski definition) is 4. The van der Waals surface area contributed by atoms with Gasteiger partial charge in [0.1, 0.15) is 23.5 Å². The molecule has 3 aromatic rings. The monoisotopic (exact) mass is 313 g/mol. The van der Waals surface area contributed by atoms with Gasteiger partial charge in [-0.15, -0.1) is 0 Å². The van der Waals surface area contributed by atoms with E-state index < -0.39 is 10.8 Å². The highest BCUT2D eigenvalue weighted by atomic mass is 35.5. The van der Waals surface area contributed by atoms with E-state index in [0.717, 1.165) is 5.39 Å². The number of aliphatic hydroxyl groups is 1. The highest BCUT2D eigenvalue weighted by Crippen LogP contribution is 2.45. The molecule has 0 saturated heterocycles. The molecule has 2 atom stereocenters. The summed E-state index contributed by atoms with van der Waals surface area (Å²) in [7, 11) is 0. The number of fused-ring (bicyclic) bond motifs is 2. The van der Waals surface area contributed by atoms with Crippen LogP contribution in [0.4, 0.5) is 11.5 Å². The molecule has 1 aromatic carbocycles. The largest absolute Gasteiger partial charge is 0.621 e. The van der Waals surface area contributed by atoms with Crippen molar-refractivity contribution >= 4 is 34.1 Å². The smallest absolute Gasteiger partial charge is 0.234 e. The highest BCUT2D eigenvalue weighted by molar-refractivity contribution is 6.29. The summed E-state index contributed by atoms with van der Waals surface area (Å²) in [5, 5.41) is 24.6. The molecule has 6 heteroatoms. The third kappa shape index (κ3) is 1.91. The van der Waals surface area contributed by atoms with Crippen LogP contribution in [0.3, 0.4) is 0 Å². The van der Waals surface area contributed by atoms with Crippen LogP contribution in [0.2, 0.25) is 5.15 Å². The van der Waals surface area contributed by atoms with Gasteiger partial charge in [0, 0.05) is 23.1 Å². The predicted octanol–water partition coefficient (Wildman–Crippen LogP) is 3.47. The fourth-order valence-corrected chi connectivity index (χ4v) is 3.07. The molecule has 0 saturated carbocycles. The number of halogens is 1. The van der Waals surface area contributed by atoms with Crippen LogP contribution < -0.4 is 4.65 Å². The zero-order valence-electron chi connectivity index (χ0n) is 11.5. The van der Waals surface area contributed by atoms with Gasteiger partial charge >= 0.3 is 0 Å². The van der Waals surface area contributed by atoms with Gasteiger partial charge in [0.25, 0.3) is 0 Å². The summed E-state index contributed by atoms with van der Waals surface area (Å²) in [4.78, 5) is 8.53. The number of rotatable bonds is 1. The normalized spacial score (nSPS) is 23.7. The van der Waals surface area contributed by atoms with Gasteiger partial charge in [-0.3, -0.25) is 4.65 Å². The first kappa shape index (κ1) is 13.6. The number of para-hydroxylation sites is 1. The van der Waals surface area contributed by atoms with E-state index in [4.69, 9.17) is 11.6 Å². The van der Waals surface area contributed by atoms with Crippen molar-refractivity contribution in [1.29, 1.82) is 0 Å². The predicted molar refractivity (Wildman–Crippen MR) is 85.6 cm³/mol. The number of benzene rings is 1. The molecule has 110 valence electrons. The van der Waals surface area contributed by atoms with Crippen LogP contribution in [0.5, 0.6) is 0 Å². The van der Waals surface area contributed by atoms with Crippen molar-refractivity contribution in [2.75, 3.05) is 6.54 Å². The molecule has 22 heavy (non-hydrogen) atoms. The molecular formula is C16H12ClN3O2. The lowest BCUT2D eigenvalue weighted by molar-refractivity contribution is 0.173. The fourth-order valence-electron chi connectivity index (χ4n) is 2.92. The molecule has 1 aliphatic heterocycles. The molecule has 0 aliphatic carbocycles. The lowest BCUT2D eigenvalue weighted by atomic mass is 10.1. The van der Waals surface area contributed by atoms with E-state index in [9.17, 15) is 10.3 Å². The van der Waals surface area contributed by atoms with Crippen molar-refractivity contribution in [3.8, 4) is 0 Å². The standard InChI is InChI=1S/C16H12ClN3O2/c17-14-7-5-10-6-8-15(19-16(10)18-14)20(22)9-13(21)11-3-1-2-4-12(11)20/h1-8,13,21H,9H2. The average Bonchev–Trinajstić information content (AvgIpc) is 2.79. The van der Waals surface area contributed by atoms with E-state index in [0.29, 0.717) is 27.9 Å². The number of quaternary nitrogens is 1. The Kier molecular flexibility index (Phi) is 2.92. The Bertz CT molecular complexity index is 886. The second-order valence-electron chi connectivity index (χ2n) is 5.35. The maximum atomic E-state index is 13.3. The van der Waals surface area contributed by atoms with Crippen LogP contribution in [0, 0.1) is 5.21 Å². The quantitative estimate of drug-likeness (QED) is 0.424. The Morgan fingerprint density at radius 1 is 1.09 bits per heavy atom. The van der Waals surface area contributed by atoms with Gasteiger partial charge in [0.2, 0.25) is 5.82 Å². The maximum Gasteiger partial charge on any atom is 0.234 e. The Morgan fingerprint density at radius 3 is 2.73 bits per heavy atom. The lowest BCUT2D eigenvalue weighted by Gasteiger charge is -2.36. The summed E-state index contributed by atoms with van der Waals surface area (Å²) in [6.07, 6.45) is -0.793. The van der Waals surface area contributed by atoms with Gasteiger partial charge in [-0.05, 0) is 18.2 Å². The maximum absolute atomic E-state index is 13.3. The van der Waals surface area contributed by atoms with Gasteiger partial charge in [-0.25, -0.2) is 4.98 Å². The Balaban J connectivity index is 1.91. The molecule has 0 spiro atoms. The number of nitrogens with zero attached hydrogens (tertiary/aromatic N) is 3. The molecule has 0 radical (unpaired) electrons. The van der Waals surface area contributed by atoms with Crippen LogP contribution in [-0.2, 0) is 0 Å². The number of hydrogen-bond donors (Lipinski definition) is 1. The minimum Gasteiger partial charge on any atom is -0.621 e. The van der Waals surface area contributed by atoms with Gasteiger partial charge in [0.05, 0.1) is 0 Å². The summed E-state index contributed by atoms with van der Waals surface area (Å²) in [5.41, 5.74) is 1.60. The second kappa shape index (κ2) is 4.72. The van der Waals surface area contributed by atoms with E-state index in [1.807, 2.05) is 12.1 Å². The lowest BCUT2D eigenvalue weighted by Crippen LogP contribution is -2.36. The van der Waals surface area contributed by atoms with E-state index >= 15 is 0 Å². The zero-order valence-corrected chi connectivity index (χ0v) is 12.2. The van der Waals surface area contributed by atoms with E-state index in [-0.39, 0.29) is 6.54 Å². The van der Waals surface area contributed by atoms with Crippen molar-refractivity contribution in [3.63, 3.8) is 0 Å². The molecule has 4 rings (SSSR count). The van der Waals surface area contributed by atoms with Crippen LogP contribution in [-0.4, -0.2) is 21.6 Å². The van der Waals surface area contributed by atoms with Gasteiger partial charge < -0.3 is 10.3 Å². The number of aromatic nitrogens is 2. The first-order valence-corrected chi connectivity index (χ1v) is 7.26. The summed E-state index contributed by atoms with van der Waals surface area (Å²) < 4.78 is -0.790. The SMILES string of the molecule is [O-][N+]1(c2ccc3ccc(Cl)nc3n2)CC(O)c2ccccc21. The van der Waals surface area contributed by atoms with E-state index in [2.05, 4.69) is 9.97 Å². The molecular weight excluding hydrogens is 302 g/mol. The molecule has 0 amide bonds. The van der Waals surface area contributed by atoms with E-state index in [1.54, 1.807) is 36.4 Å². The summed E-state index contributed by atoms with van der Waals surface area (Å²) >= 11 is 5.90. The zero-order chi connectivity index (χ0) is 15.3. The Hall–Kier alpha value is -2.05. The Morgan fingerprint density at radius 2 is 1.86 bits per heavy atom. The first-order valence-electron chi connectivity index (χ1n) is 6.88. The minimum absolute atomic E-state index is 0.0123. The van der Waals surface area contributed by atoms with Crippen molar-refractivity contribution in [2.45, 2.75) is 6.10 Å². The topological polar surface area (TPSA) is 69.1 Å². The third-order valence-corrected chi connectivity index (χ3v) is 4.20. The summed E-state index contributed by atoms with van der Waals surface area (Å²) in [5.74, 6) is 0.297. The third-order valence-electron chi connectivity index (χ3n) is 3.99. The number of aliphatic hydroxyl groups excluding tert-OH is 1. The van der Waals surface area contributed by atoms with Crippen LogP contribution in [0.15, 0.2) is 48.5 Å². The Labute approximate surface area is 131 Å². The molecule has 2 aromatic heterocycles. The number of pyridine rings is 2. The van der Waals surface area contributed by atoms with Crippen LogP contribution in [0.1, 0.15) is 11.7 Å². The second-order valence-corrected chi connectivity index (χ2v) is 5.73. The van der Waals surface area contributed by atoms with Crippen molar-refractivity contribution in [2.24, 2.45) is 0 Å². The molecule has 0 fully saturated rings. The molecule has 1 aliphatic rings. The van der Waals surface area contributed by atoms with Gasteiger partial charge in [0.15, 0.2) is 5.65 Å². The molecule has 3 heterocycles. The van der Waals surface area contributed by atoms with Gasteiger partial charge in [-0.2, -0.15) is 4.98 Å². The van der Waals surface area contributed by atoms with Crippen molar-refractivity contribution < 1.29 is 5.11 Å². The highest BCUT2D eigenvalue weighted by Gasteiger charge is 2.39. The van der Waals surface area contributed by atoms with Gasteiger partial charge in [-0.1, -0.05) is 29.8 Å². The van der Waals surface area contributed by atoms with E-state index in [1.165, 1.54) is 0 Å². The fraction of sp³-hybridized carbons (Fsp3) is 0.125. The van der Waals surface area contributed by atoms with Crippen molar-refractivity contribution in [3.05, 3.63) is 64.5 Å². The summed E-state index contributed by atoms with van der Waals surface area (Å²) in [6, 6.07) is 14.1. The molecule has 5 nitrogen and oxygen atoms in total. The minimum atomic E-state index is -0.793. The average molecular weight is 314 g/mol. The van der Waals surface area contributed by atoms with Crippen LogP contribution >= 0.6 is 11.6 Å². The summed E-state index contributed by atoms with van der Waals surface area (Å²) in [6.45, 7) is 0.0123.